The van der Waals surface area contributed by atoms with E-state index in [1.807, 2.05) is 19.9 Å². The Hall–Kier alpha value is -5.88. The number of benzene rings is 1. The summed E-state index contributed by atoms with van der Waals surface area (Å²) >= 11 is 0. The Labute approximate surface area is 478 Å². The van der Waals surface area contributed by atoms with Gasteiger partial charge in [-0.1, -0.05) is 81.4 Å². The number of esters is 1. The number of nitrogens with zero attached hydrogens (tertiary/aromatic N) is 5. The molecule has 0 spiro atoms. The lowest BCUT2D eigenvalue weighted by molar-refractivity contribution is -0.267. The van der Waals surface area contributed by atoms with Crippen LogP contribution in [-0.4, -0.2) is 163 Å². The van der Waals surface area contributed by atoms with Gasteiger partial charge in [0.15, 0.2) is 5.78 Å². The van der Waals surface area contributed by atoms with E-state index in [-0.39, 0.29) is 62.0 Å². The molecule has 82 heavy (non-hydrogen) atoms. The highest BCUT2D eigenvalue weighted by molar-refractivity contribution is 6.39. The molecule has 5 aliphatic heterocycles. The van der Waals surface area contributed by atoms with E-state index in [1.54, 1.807) is 82.3 Å². The predicted molar refractivity (Wildman–Crippen MR) is 300 cm³/mol. The van der Waals surface area contributed by atoms with Crippen LogP contribution in [0, 0.1) is 29.6 Å². The molecule has 1 aromatic carbocycles. The monoisotopic (exact) mass is 1150 g/mol. The van der Waals surface area contributed by atoms with Crippen LogP contribution in [0.2, 0.25) is 0 Å². The molecule has 1 aromatic heterocycles. The summed E-state index contributed by atoms with van der Waals surface area (Å²) in [4.78, 5) is 106. The fourth-order valence-corrected chi connectivity index (χ4v) is 12.7. The fourth-order valence-electron chi connectivity index (χ4n) is 12.7. The number of oxime groups is 1. The topological polar surface area (TPSA) is 286 Å². The van der Waals surface area contributed by atoms with E-state index in [0.717, 1.165) is 9.47 Å². The van der Waals surface area contributed by atoms with Gasteiger partial charge in [0.1, 0.15) is 29.9 Å². The van der Waals surface area contributed by atoms with Gasteiger partial charge in [0.2, 0.25) is 12.4 Å². The number of aliphatic hydroxyl groups excluding tert-OH is 2. The lowest BCUT2D eigenvalue weighted by atomic mass is 9.78. The molecule has 2 aromatic rings. The van der Waals surface area contributed by atoms with Gasteiger partial charge < -0.3 is 53.8 Å². The summed E-state index contributed by atoms with van der Waals surface area (Å²) in [6, 6.07) is 6.42. The average molecular weight is 1150 g/mol. The van der Waals surface area contributed by atoms with Crippen molar-refractivity contribution in [2.45, 2.75) is 191 Å². The summed E-state index contributed by atoms with van der Waals surface area (Å²) in [7, 11) is 4.31. The van der Waals surface area contributed by atoms with Gasteiger partial charge in [-0.25, -0.2) is 33.1 Å². The zero-order chi connectivity index (χ0) is 59.8. The number of Topliss-reactive ketones (excluding diaryl/α,β-unsaturated/α-hetero) is 2. The number of aliphatic carboxylic acids is 1. The van der Waals surface area contributed by atoms with Crippen molar-refractivity contribution in [2.24, 2.45) is 34.7 Å². The van der Waals surface area contributed by atoms with E-state index >= 15 is 0 Å². The Kier molecular flexibility index (Phi) is 21.5. The van der Waals surface area contributed by atoms with Crippen LogP contribution in [0.15, 0.2) is 81.0 Å². The molecule has 16 atom stereocenters. The number of fused-ring (bicyclic) bond motifs is 15. The van der Waals surface area contributed by atoms with Crippen LogP contribution in [0.3, 0.4) is 0 Å². The molecule has 0 radical (unpaired) electrons. The van der Waals surface area contributed by atoms with Crippen LogP contribution in [0.25, 0.3) is 5.69 Å². The highest BCUT2D eigenvalue weighted by atomic mass is 16.6. The van der Waals surface area contributed by atoms with Gasteiger partial charge in [0, 0.05) is 59.0 Å². The van der Waals surface area contributed by atoms with E-state index in [9.17, 15) is 54.0 Å². The molecular weight excluding hydrogens is 1060 g/mol. The summed E-state index contributed by atoms with van der Waals surface area (Å²) in [5, 5.41) is 48.5. The number of aromatic nitrogens is 3. The number of ether oxygens (including phenoxy) is 5. The number of methoxy groups -OCH3 is 3. The average Bonchev–Trinajstić information content (AvgIpc) is 4.01. The molecule has 4 N–H and O–H groups in total. The predicted octanol–water partition coefficient (Wildman–Crippen LogP) is 4.96. The number of piperidine rings is 1. The van der Waals surface area contributed by atoms with Gasteiger partial charge in [-0.3, -0.25) is 14.4 Å². The maximum absolute atomic E-state index is 14.8. The minimum atomic E-state index is -2.65. The Morgan fingerprint density at radius 1 is 0.878 bits per heavy atom. The number of hydrogen-bond acceptors (Lipinski definition) is 17. The van der Waals surface area contributed by atoms with Gasteiger partial charge in [-0.15, -0.1) is 0 Å². The van der Waals surface area contributed by atoms with Gasteiger partial charge in [-0.05, 0) is 114 Å². The molecule has 1 amide bonds. The number of rotatable bonds is 10. The Morgan fingerprint density at radius 2 is 1.61 bits per heavy atom. The van der Waals surface area contributed by atoms with Gasteiger partial charge >= 0.3 is 23.3 Å². The summed E-state index contributed by atoms with van der Waals surface area (Å²) in [5.41, 5.74) is -1.81. The van der Waals surface area contributed by atoms with Crippen molar-refractivity contribution in [1.29, 1.82) is 0 Å². The second kappa shape index (κ2) is 27.7. The van der Waals surface area contributed by atoms with Crippen LogP contribution in [0.1, 0.15) is 131 Å². The van der Waals surface area contributed by atoms with Crippen molar-refractivity contribution in [3.63, 3.8) is 0 Å². The van der Waals surface area contributed by atoms with Crippen molar-refractivity contribution in [3.05, 3.63) is 87.3 Å². The maximum atomic E-state index is 14.8. The molecule has 6 aliphatic rings. The van der Waals surface area contributed by atoms with Crippen LogP contribution in [0.4, 0.5) is 0 Å². The number of ketones is 2. The molecule has 22 nitrogen and oxygen atoms in total. The van der Waals surface area contributed by atoms with Crippen molar-refractivity contribution < 1.29 is 72.9 Å². The van der Waals surface area contributed by atoms with Gasteiger partial charge in [0.05, 0.1) is 41.9 Å². The molecule has 8 rings (SSSR count). The Morgan fingerprint density at radius 3 is 2.29 bits per heavy atom. The highest BCUT2D eigenvalue weighted by Gasteiger charge is 2.54. The first kappa shape index (κ1) is 63.7. The van der Waals surface area contributed by atoms with Crippen molar-refractivity contribution in [2.75, 3.05) is 34.5 Å². The first-order valence-corrected chi connectivity index (χ1v) is 28.9. The Bertz CT molecular complexity index is 2840. The number of para-hydroxylation sites is 1. The molecule has 1 saturated carbocycles. The first-order valence-electron chi connectivity index (χ1n) is 28.9. The maximum Gasteiger partial charge on any atom is 0.352 e. The van der Waals surface area contributed by atoms with Crippen LogP contribution < -0.4 is 11.4 Å². The summed E-state index contributed by atoms with van der Waals surface area (Å²) in [6.45, 7) is 9.66. The number of amides is 1. The van der Waals surface area contributed by atoms with Crippen LogP contribution in [0.5, 0.6) is 0 Å². The molecule has 2 saturated heterocycles. The van der Waals surface area contributed by atoms with E-state index in [0.29, 0.717) is 62.6 Å². The van der Waals surface area contributed by atoms with Crippen LogP contribution >= 0.6 is 0 Å². The number of allylic oxidation sites excluding steroid dienone is 4. The van der Waals surface area contributed by atoms with Crippen molar-refractivity contribution in [3.8, 4) is 5.69 Å². The number of carbonyl (C=O) groups is 5. The van der Waals surface area contributed by atoms with E-state index in [4.69, 9.17) is 28.5 Å². The van der Waals surface area contributed by atoms with Crippen molar-refractivity contribution >= 4 is 35.1 Å². The summed E-state index contributed by atoms with van der Waals surface area (Å²) in [5.74, 6) is -9.72. The molecular formula is C60H85N5O17. The fraction of sp³-hybridized carbons (Fsp3) is 0.667. The molecule has 452 valence electrons. The zero-order valence-corrected chi connectivity index (χ0v) is 48.8. The minimum absolute atomic E-state index is 0.0148. The summed E-state index contributed by atoms with van der Waals surface area (Å²) < 4.78 is 34.0. The SMILES string of the molecule is CO[C@H]1C[C@@H]2CC[C@@H](C)[C@@](O)(O2)C(=O)C(=O)N2CCCC[C@H]2C(=O)O[C@H]([C@H](C)C[C@@H]2CC[C@@H](O)[C@H](OC)C2)C/C(=N/OCC(=O)O)C/C=C(\C)[C@@H](O)[C@@H](OC)C(=O)[C@H](C)C[C@H](C)/C=C/C2C=CC1(C)n1c(=O)n(-c3ccccc3)c(=O)n12. The molecule has 6 heterocycles. The third-order valence-electron chi connectivity index (χ3n) is 17.7. The smallest absolute Gasteiger partial charge is 0.352 e. The zero-order valence-electron chi connectivity index (χ0n) is 48.8. The normalized spacial score (nSPS) is 36.0. The third kappa shape index (κ3) is 14.0. The molecule has 22 heteroatoms. The second-order valence-corrected chi connectivity index (χ2v) is 23.6. The number of aliphatic hydroxyl groups is 3. The number of carboxylic acids is 1. The van der Waals surface area contributed by atoms with E-state index in [1.165, 1.54) is 30.7 Å². The quantitative estimate of drug-likeness (QED) is 0.106. The highest BCUT2D eigenvalue weighted by Crippen LogP contribution is 2.40. The molecule has 1 aliphatic carbocycles. The van der Waals surface area contributed by atoms with Crippen LogP contribution in [-0.2, 0) is 58.0 Å². The standard InChI is InChI=1S/C60H85N5O17/c1-35-18-23-43-26-27-59(6,65-58(75)63(57(74)64(43)65)42-15-11-10-12-16-42)49(78-8)33-44-24-20-39(5)60(76,82-44)54(71)55(72)62-28-14-13-17-45(62)56(73)81-47(37(3)30-40-21-25-46(66)48(31-40)77-7)32-41(61-80-34-50(67)68)22-19-36(2)51(69)53(79-9)52(70)38(4)29-35/h10-12,15-16,18-19,23,26-27,35,37-40,43-49,51,53,66,69,76H,13-14,17,20-22,24-25,28-34H2,1-9H3,(H,67,68)/b23-18+,36-19+,61-41+/t35-,37-,38-,39-,40+,43?,44+,45+,46-,47+,48-,49+,51-,53-,59?,60-/m1/s1. The number of hydrogen-bond donors (Lipinski definition) is 4. The van der Waals surface area contributed by atoms with E-state index < -0.39 is 126 Å². The molecule has 4 bridgehead atoms. The lowest BCUT2D eigenvalue weighted by Crippen LogP contribution is -2.61. The first-order chi connectivity index (χ1) is 39.0. The van der Waals surface area contributed by atoms with Gasteiger partial charge in [0.25, 0.3) is 11.7 Å². The minimum Gasteiger partial charge on any atom is -0.479 e. The molecule has 2 unspecified atom stereocenters. The summed E-state index contributed by atoms with van der Waals surface area (Å²) in [6.07, 6.45) is 6.11. The largest absolute Gasteiger partial charge is 0.479 e. The van der Waals surface area contributed by atoms with Gasteiger partial charge in [-0.2, -0.15) is 0 Å². The second-order valence-electron chi connectivity index (χ2n) is 23.6. The number of carboxylic acid groups (broad SMARTS) is 1. The Balaban J connectivity index is 1.29. The molecule has 3 fully saturated rings. The lowest BCUT2D eigenvalue weighted by Gasteiger charge is -2.45. The van der Waals surface area contributed by atoms with E-state index in [2.05, 4.69) is 5.16 Å². The third-order valence-corrected chi connectivity index (χ3v) is 17.7. The number of carbonyl (C=O) groups excluding carboxylic acids is 4. The van der Waals surface area contributed by atoms with Crippen molar-refractivity contribution in [1.82, 2.24) is 18.8 Å².